The van der Waals surface area contributed by atoms with Crippen molar-refractivity contribution < 1.29 is 24.0 Å². The summed E-state index contributed by atoms with van der Waals surface area (Å²) in [6.07, 6.45) is -1.14. The number of esters is 1. The topological polar surface area (TPSA) is 128 Å². The molecule has 0 aliphatic carbocycles. The van der Waals surface area contributed by atoms with Gasteiger partial charge in [0.2, 0.25) is 5.91 Å². The van der Waals surface area contributed by atoms with Crippen molar-refractivity contribution in [1.29, 1.82) is 0 Å². The SMILES string of the molecule is CC(=O)Nc1cccc(C(=O)O[C@@H](C)C(=O)Nc2cccc([N+](=O)[O-])c2)c1. The summed E-state index contributed by atoms with van der Waals surface area (Å²) < 4.78 is 5.11. The predicted molar refractivity (Wildman–Crippen MR) is 97.3 cm³/mol. The number of carbonyl (C=O) groups excluding carboxylic acids is 3. The molecule has 0 fully saturated rings. The normalized spacial score (nSPS) is 11.2. The Morgan fingerprint density at radius 1 is 1.04 bits per heavy atom. The zero-order valence-electron chi connectivity index (χ0n) is 14.6. The molecule has 0 saturated carbocycles. The van der Waals surface area contributed by atoms with Crippen LogP contribution in [0.3, 0.4) is 0 Å². The second-order valence-corrected chi connectivity index (χ2v) is 5.61. The van der Waals surface area contributed by atoms with Gasteiger partial charge in [-0.2, -0.15) is 0 Å². The van der Waals surface area contributed by atoms with Gasteiger partial charge < -0.3 is 15.4 Å². The van der Waals surface area contributed by atoms with E-state index in [1.165, 1.54) is 50.2 Å². The molecule has 0 aliphatic rings. The summed E-state index contributed by atoms with van der Waals surface area (Å²) in [7, 11) is 0. The molecule has 9 nitrogen and oxygen atoms in total. The first-order valence-corrected chi connectivity index (χ1v) is 7.90. The number of nitrogens with zero attached hydrogens (tertiary/aromatic N) is 1. The summed E-state index contributed by atoms with van der Waals surface area (Å²) in [6.45, 7) is 2.72. The maximum atomic E-state index is 12.2. The van der Waals surface area contributed by atoms with Crippen molar-refractivity contribution in [2.45, 2.75) is 20.0 Å². The van der Waals surface area contributed by atoms with E-state index in [0.29, 0.717) is 5.69 Å². The van der Waals surface area contributed by atoms with Crippen LogP contribution in [0.15, 0.2) is 48.5 Å². The van der Waals surface area contributed by atoms with Gasteiger partial charge >= 0.3 is 5.97 Å². The number of amides is 2. The van der Waals surface area contributed by atoms with E-state index < -0.39 is 22.9 Å². The van der Waals surface area contributed by atoms with Gasteiger partial charge in [0, 0.05) is 30.4 Å². The number of hydrogen-bond donors (Lipinski definition) is 2. The standard InChI is InChI=1S/C18H17N3O6/c1-11(17(23)20-15-7-4-8-16(10-15)21(25)26)27-18(24)13-5-3-6-14(9-13)19-12(2)22/h3-11H,1-2H3,(H,19,22)(H,20,23)/t11-/m0/s1. The van der Waals surface area contributed by atoms with Crippen LogP contribution in [0, 0.1) is 10.1 Å². The first-order chi connectivity index (χ1) is 12.8. The highest BCUT2D eigenvalue weighted by atomic mass is 16.6. The Bertz CT molecular complexity index is 896. The van der Waals surface area contributed by atoms with Crippen molar-refractivity contribution in [1.82, 2.24) is 0 Å². The second-order valence-electron chi connectivity index (χ2n) is 5.61. The highest BCUT2D eigenvalue weighted by molar-refractivity contribution is 5.98. The Hall–Kier alpha value is -3.75. The van der Waals surface area contributed by atoms with Crippen LogP contribution in [0.1, 0.15) is 24.2 Å². The van der Waals surface area contributed by atoms with Crippen molar-refractivity contribution in [3.63, 3.8) is 0 Å². The minimum atomic E-state index is -1.14. The van der Waals surface area contributed by atoms with Crippen LogP contribution < -0.4 is 10.6 Å². The average molecular weight is 371 g/mol. The number of anilines is 2. The van der Waals surface area contributed by atoms with E-state index in [1.54, 1.807) is 12.1 Å². The minimum absolute atomic E-state index is 0.163. The molecule has 2 amide bonds. The third-order valence-corrected chi connectivity index (χ3v) is 3.40. The molecule has 0 bridgehead atoms. The van der Waals surface area contributed by atoms with Crippen LogP contribution in [-0.2, 0) is 14.3 Å². The van der Waals surface area contributed by atoms with E-state index in [9.17, 15) is 24.5 Å². The first kappa shape index (κ1) is 19.6. The lowest BCUT2D eigenvalue weighted by molar-refractivity contribution is -0.384. The van der Waals surface area contributed by atoms with Gasteiger partial charge in [0.05, 0.1) is 10.5 Å². The van der Waals surface area contributed by atoms with Crippen LogP contribution >= 0.6 is 0 Å². The molecular weight excluding hydrogens is 354 g/mol. The van der Waals surface area contributed by atoms with Crippen molar-refractivity contribution >= 4 is 34.8 Å². The number of ether oxygens (including phenoxy) is 1. The fourth-order valence-electron chi connectivity index (χ4n) is 2.15. The summed E-state index contributed by atoms with van der Waals surface area (Å²) in [5.41, 5.74) is 0.624. The van der Waals surface area contributed by atoms with Gasteiger partial charge in [-0.3, -0.25) is 19.7 Å². The number of nitro groups is 1. The highest BCUT2D eigenvalue weighted by Crippen LogP contribution is 2.18. The monoisotopic (exact) mass is 371 g/mol. The van der Waals surface area contributed by atoms with Gasteiger partial charge in [0.15, 0.2) is 6.10 Å². The lowest BCUT2D eigenvalue weighted by Gasteiger charge is -2.14. The Morgan fingerprint density at radius 3 is 2.30 bits per heavy atom. The number of carbonyl (C=O) groups is 3. The predicted octanol–water partition coefficient (Wildman–Crippen LogP) is 2.74. The quantitative estimate of drug-likeness (QED) is 0.456. The van der Waals surface area contributed by atoms with E-state index >= 15 is 0 Å². The number of non-ortho nitro benzene ring substituents is 1. The second kappa shape index (κ2) is 8.56. The largest absolute Gasteiger partial charge is 0.449 e. The van der Waals surface area contributed by atoms with Crippen molar-refractivity contribution in [2.24, 2.45) is 0 Å². The molecule has 2 rings (SSSR count). The van der Waals surface area contributed by atoms with Crippen molar-refractivity contribution in [2.75, 3.05) is 10.6 Å². The Balaban J connectivity index is 2.01. The lowest BCUT2D eigenvalue weighted by Crippen LogP contribution is -2.30. The van der Waals surface area contributed by atoms with Gasteiger partial charge in [-0.05, 0) is 31.2 Å². The lowest BCUT2D eigenvalue weighted by atomic mass is 10.2. The van der Waals surface area contributed by atoms with Crippen LogP contribution in [0.25, 0.3) is 0 Å². The molecule has 140 valence electrons. The van der Waals surface area contributed by atoms with E-state index in [0.717, 1.165) is 0 Å². The molecule has 0 saturated heterocycles. The van der Waals surface area contributed by atoms with Gasteiger partial charge in [0.1, 0.15) is 0 Å². The van der Waals surface area contributed by atoms with E-state index in [-0.39, 0.29) is 22.8 Å². The van der Waals surface area contributed by atoms with E-state index in [2.05, 4.69) is 10.6 Å². The molecule has 1 atom stereocenters. The summed E-state index contributed by atoms with van der Waals surface area (Å²) in [5.74, 6) is -1.67. The molecule has 0 unspecified atom stereocenters. The molecule has 2 aromatic rings. The summed E-state index contributed by atoms with van der Waals surface area (Å²) >= 11 is 0. The summed E-state index contributed by atoms with van der Waals surface area (Å²) in [4.78, 5) is 45.6. The summed E-state index contributed by atoms with van der Waals surface area (Å²) in [5, 5.41) is 15.8. The molecule has 0 aliphatic heterocycles. The molecule has 0 radical (unpaired) electrons. The number of nitro benzene ring substituents is 1. The maximum Gasteiger partial charge on any atom is 0.338 e. The highest BCUT2D eigenvalue weighted by Gasteiger charge is 2.20. The molecular formula is C18H17N3O6. The van der Waals surface area contributed by atoms with Crippen molar-refractivity contribution in [3.05, 3.63) is 64.2 Å². The number of benzene rings is 2. The molecule has 2 aromatic carbocycles. The van der Waals surface area contributed by atoms with Crippen LogP contribution in [0.5, 0.6) is 0 Å². The Morgan fingerprint density at radius 2 is 1.67 bits per heavy atom. The third kappa shape index (κ3) is 5.63. The smallest absolute Gasteiger partial charge is 0.338 e. The van der Waals surface area contributed by atoms with Crippen LogP contribution in [0.4, 0.5) is 17.1 Å². The number of rotatable bonds is 6. The van der Waals surface area contributed by atoms with E-state index in [1.807, 2.05) is 0 Å². The van der Waals surface area contributed by atoms with Gasteiger partial charge in [-0.25, -0.2) is 4.79 Å². The van der Waals surface area contributed by atoms with E-state index in [4.69, 9.17) is 4.74 Å². The summed E-state index contributed by atoms with van der Waals surface area (Å²) in [6, 6.07) is 11.5. The molecule has 0 spiro atoms. The molecule has 0 heterocycles. The zero-order chi connectivity index (χ0) is 20.0. The first-order valence-electron chi connectivity index (χ1n) is 7.90. The zero-order valence-corrected chi connectivity index (χ0v) is 14.6. The maximum absolute atomic E-state index is 12.2. The molecule has 9 heteroatoms. The van der Waals surface area contributed by atoms with Crippen LogP contribution in [0.2, 0.25) is 0 Å². The van der Waals surface area contributed by atoms with Crippen molar-refractivity contribution in [3.8, 4) is 0 Å². The molecule has 0 aromatic heterocycles. The van der Waals surface area contributed by atoms with Gasteiger partial charge in [-0.15, -0.1) is 0 Å². The molecule has 2 N–H and O–H groups in total. The third-order valence-electron chi connectivity index (χ3n) is 3.40. The fraction of sp³-hybridized carbons (Fsp3) is 0.167. The van der Waals surface area contributed by atoms with Crippen LogP contribution in [-0.4, -0.2) is 28.8 Å². The molecule has 27 heavy (non-hydrogen) atoms. The number of nitrogens with one attached hydrogen (secondary N) is 2. The minimum Gasteiger partial charge on any atom is -0.449 e. The average Bonchev–Trinajstić information content (AvgIpc) is 2.61. The van der Waals surface area contributed by atoms with Gasteiger partial charge in [-0.1, -0.05) is 12.1 Å². The Labute approximate surface area is 154 Å². The fourth-order valence-corrected chi connectivity index (χ4v) is 2.15. The number of hydrogen-bond acceptors (Lipinski definition) is 6. The Kier molecular flexibility index (Phi) is 6.21. The van der Waals surface area contributed by atoms with Gasteiger partial charge in [0.25, 0.3) is 11.6 Å².